The third-order valence-electron chi connectivity index (χ3n) is 2.65. The molecule has 75 valence electrons. The largest absolute Gasteiger partial charge is 0.0587 e. The van der Waals surface area contributed by atoms with Gasteiger partial charge in [0.05, 0.1) is 0 Å². The van der Waals surface area contributed by atoms with Gasteiger partial charge in [0, 0.05) is 0 Å². The van der Waals surface area contributed by atoms with Crippen LogP contribution in [0.3, 0.4) is 0 Å². The fraction of sp³-hybridized carbons (Fsp3) is 0.133. The maximum atomic E-state index is 3.93. The first-order valence-electron chi connectivity index (χ1n) is 5.16. The molecule has 2 aromatic rings. The fourth-order valence-corrected chi connectivity index (χ4v) is 1.78. The van der Waals surface area contributed by atoms with Crippen LogP contribution in [0.1, 0.15) is 16.7 Å². The van der Waals surface area contributed by atoms with Gasteiger partial charge in [-0.25, -0.2) is 0 Å². The second-order valence-corrected chi connectivity index (χ2v) is 4.02. The highest BCUT2D eigenvalue weighted by molar-refractivity contribution is 5.67. The van der Waals surface area contributed by atoms with Gasteiger partial charge in [-0.05, 0) is 43.0 Å². The van der Waals surface area contributed by atoms with Crippen LogP contribution in [0.15, 0.2) is 42.5 Å². The Bertz CT molecular complexity index is 464. The summed E-state index contributed by atoms with van der Waals surface area (Å²) in [7, 11) is 0. The average Bonchev–Trinajstić information content (AvgIpc) is 2.20. The van der Waals surface area contributed by atoms with Gasteiger partial charge in [-0.1, -0.05) is 48.0 Å². The van der Waals surface area contributed by atoms with E-state index in [4.69, 9.17) is 0 Å². The highest BCUT2D eigenvalue weighted by Crippen LogP contribution is 2.24. The maximum Gasteiger partial charge on any atom is -0.0155 e. The van der Waals surface area contributed by atoms with Gasteiger partial charge in [-0.2, -0.15) is 0 Å². The lowest BCUT2D eigenvalue weighted by molar-refractivity contribution is 1.41. The maximum absolute atomic E-state index is 3.93. The van der Waals surface area contributed by atoms with Crippen molar-refractivity contribution in [3.63, 3.8) is 0 Å². The Morgan fingerprint density at radius 1 is 0.867 bits per heavy atom. The number of hydrogen-bond donors (Lipinski definition) is 0. The van der Waals surface area contributed by atoms with Gasteiger partial charge < -0.3 is 0 Å². The summed E-state index contributed by atoms with van der Waals surface area (Å²) in [5.74, 6) is 0. The second kappa shape index (κ2) is 3.90. The minimum Gasteiger partial charge on any atom is -0.0587 e. The Morgan fingerprint density at radius 3 is 2.13 bits per heavy atom. The average molecular weight is 195 g/mol. The Kier molecular flexibility index (Phi) is 2.59. The zero-order chi connectivity index (χ0) is 10.8. The molecule has 1 radical (unpaired) electrons. The Hall–Kier alpha value is -1.56. The van der Waals surface area contributed by atoms with Crippen LogP contribution in [-0.2, 0) is 0 Å². The normalized spacial score (nSPS) is 10.3. The van der Waals surface area contributed by atoms with E-state index in [2.05, 4.69) is 63.2 Å². The third-order valence-corrected chi connectivity index (χ3v) is 2.65. The topological polar surface area (TPSA) is 0 Å². The summed E-state index contributed by atoms with van der Waals surface area (Å²) in [6.07, 6.45) is 0. The zero-order valence-electron chi connectivity index (χ0n) is 9.25. The highest BCUT2D eigenvalue weighted by Gasteiger charge is 2.00. The zero-order valence-corrected chi connectivity index (χ0v) is 9.25. The summed E-state index contributed by atoms with van der Waals surface area (Å²) >= 11 is 0. The monoisotopic (exact) mass is 195 g/mol. The summed E-state index contributed by atoms with van der Waals surface area (Å²) in [4.78, 5) is 0. The summed E-state index contributed by atoms with van der Waals surface area (Å²) in [6, 6.07) is 14.9. The number of rotatable bonds is 1. The summed E-state index contributed by atoms with van der Waals surface area (Å²) in [5, 5.41) is 0. The molecule has 2 rings (SSSR count). The molecule has 0 aliphatic heterocycles. The molecule has 0 nitrogen and oxygen atoms in total. The van der Waals surface area contributed by atoms with Crippen molar-refractivity contribution in [1.82, 2.24) is 0 Å². The third kappa shape index (κ3) is 2.10. The predicted octanol–water partition coefficient (Wildman–Crippen LogP) is 4.15. The second-order valence-electron chi connectivity index (χ2n) is 4.02. The van der Waals surface area contributed by atoms with E-state index in [0.717, 1.165) is 5.56 Å². The molecular weight excluding hydrogens is 180 g/mol. The van der Waals surface area contributed by atoms with Crippen molar-refractivity contribution in [2.24, 2.45) is 0 Å². The van der Waals surface area contributed by atoms with Gasteiger partial charge in [-0.15, -0.1) is 0 Å². The Balaban J connectivity index is 2.49. The summed E-state index contributed by atoms with van der Waals surface area (Å²) in [5.41, 5.74) is 6.22. The van der Waals surface area contributed by atoms with Crippen molar-refractivity contribution >= 4 is 0 Å². The van der Waals surface area contributed by atoms with Gasteiger partial charge >= 0.3 is 0 Å². The molecule has 15 heavy (non-hydrogen) atoms. The molecule has 0 spiro atoms. The molecule has 0 aliphatic carbocycles. The highest BCUT2D eigenvalue weighted by atomic mass is 14.1. The number of benzene rings is 2. The van der Waals surface area contributed by atoms with E-state index in [1.807, 2.05) is 0 Å². The summed E-state index contributed by atoms with van der Waals surface area (Å²) < 4.78 is 0. The molecule has 0 atom stereocenters. The van der Waals surface area contributed by atoms with Crippen molar-refractivity contribution in [3.05, 3.63) is 66.1 Å². The van der Waals surface area contributed by atoms with Gasteiger partial charge in [0.1, 0.15) is 0 Å². The van der Waals surface area contributed by atoms with E-state index >= 15 is 0 Å². The number of hydrogen-bond acceptors (Lipinski definition) is 0. The van der Waals surface area contributed by atoms with Crippen LogP contribution in [0, 0.1) is 20.8 Å². The van der Waals surface area contributed by atoms with Crippen LogP contribution < -0.4 is 0 Å². The van der Waals surface area contributed by atoms with Crippen molar-refractivity contribution in [3.8, 4) is 11.1 Å². The molecular formula is C15H15. The van der Waals surface area contributed by atoms with E-state index in [-0.39, 0.29) is 0 Å². The lowest BCUT2D eigenvalue weighted by Gasteiger charge is -2.07. The van der Waals surface area contributed by atoms with Crippen molar-refractivity contribution in [1.29, 1.82) is 0 Å². The first-order valence-corrected chi connectivity index (χ1v) is 5.16. The fourth-order valence-electron chi connectivity index (χ4n) is 1.78. The molecule has 0 saturated heterocycles. The minimum atomic E-state index is 1.07. The quantitative estimate of drug-likeness (QED) is 0.641. The molecule has 0 aromatic heterocycles. The molecule has 0 heteroatoms. The lowest BCUT2D eigenvalue weighted by Crippen LogP contribution is -1.84. The van der Waals surface area contributed by atoms with Crippen LogP contribution in [0.25, 0.3) is 11.1 Å². The van der Waals surface area contributed by atoms with Gasteiger partial charge in [0.2, 0.25) is 0 Å². The standard InChI is InChI=1S/C15H15/c1-11-4-7-14(8-5-11)15-9-6-12(2)10-13(15)3/h4-10H,2H2,1,3H3. The lowest BCUT2D eigenvalue weighted by atomic mass is 9.98. The van der Waals surface area contributed by atoms with E-state index < -0.39 is 0 Å². The van der Waals surface area contributed by atoms with Crippen molar-refractivity contribution < 1.29 is 0 Å². The predicted molar refractivity (Wildman–Crippen MR) is 65.8 cm³/mol. The first-order chi connectivity index (χ1) is 7.16. The van der Waals surface area contributed by atoms with E-state index in [9.17, 15) is 0 Å². The molecule has 0 unspecified atom stereocenters. The van der Waals surface area contributed by atoms with E-state index in [0.29, 0.717) is 0 Å². The van der Waals surface area contributed by atoms with Crippen LogP contribution >= 0.6 is 0 Å². The Morgan fingerprint density at radius 2 is 1.53 bits per heavy atom. The molecule has 0 fully saturated rings. The van der Waals surface area contributed by atoms with Gasteiger partial charge in [0.25, 0.3) is 0 Å². The van der Waals surface area contributed by atoms with Gasteiger partial charge in [0.15, 0.2) is 0 Å². The van der Waals surface area contributed by atoms with E-state index in [1.54, 1.807) is 0 Å². The SMILES string of the molecule is [CH2]c1ccc(-c2ccc(C)cc2)c(C)c1. The molecule has 0 amide bonds. The smallest absolute Gasteiger partial charge is 0.0155 e. The van der Waals surface area contributed by atoms with Crippen molar-refractivity contribution in [2.75, 3.05) is 0 Å². The molecule has 0 heterocycles. The first kappa shape index (κ1) is 9.97. The summed E-state index contributed by atoms with van der Waals surface area (Å²) in [6.45, 7) is 8.17. The molecule has 0 aliphatic rings. The van der Waals surface area contributed by atoms with Crippen LogP contribution in [0.4, 0.5) is 0 Å². The van der Waals surface area contributed by atoms with Crippen LogP contribution in [0.2, 0.25) is 0 Å². The van der Waals surface area contributed by atoms with Gasteiger partial charge in [-0.3, -0.25) is 0 Å². The molecule has 2 aromatic carbocycles. The molecule has 0 bridgehead atoms. The molecule has 0 saturated carbocycles. The van der Waals surface area contributed by atoms with Crippen molar-refractivity contribution in [2.45, 2.75) is 13.8 Å². The molecule has 0 N–H and O–H groups in total. The van der Waals surface area contributed by atoms with E-state index in [1.165, 1.54) is 22.3 Å². The minimum absolute atomic E-state index is 1.07. The number of aryl methyl sites for hydroxylation is 2. The van der Waals surface area contributed by atoms with Crippen LogP contribution in [-0.4, -0.2) is 0 Å². The van der Waals surface area contributed by atoms with Crippen LogP contribution in [0.5, 0.6) is 0 Å². The Labute approximate surface area is 91.6 Å².